The van der Waals surface area contributed by atoms with E-state index in [-0.39, 0.29) is 18.0 Å². The summed E-state index contributed by atoms with van der Waals surface area (Å²) in [6.45, 7) is -0.197. The van der Waals surface area contributed by atoms with Crippen molar-refractivity contribution in [3.63, 3.8) is 0 Å². The number of rotatable bonds is 4. The molecule has 3 rings (SSSR count). The Labute approximate surface area is 160 Å². The van der Waals surface area contributed by atoms with Gasteiger partial charge < -0.3 is 15.8 Å². The number of ether oxygens (including phenoxy) is 1. The number of primary amides is 1. The molecular weight excluding hydrogens is 394 g/mol. The molecule has 0 aliphatic carbocycles. The summed E-state index contributed by atoms with van der Waals surface area (Å²) in [7, 11) is -3.65. The van der Waals surface area contributed by atoms with E-state index < -0.39 is 27.9 Å². The van der Waals surface area contributed by atoms with Gasteiger partial charge >= 0.3 is 0 Å². The predicted molar refractivity (Wildman–Crippen MR) is 102 cm³/mol. The van der Waals surface area contributed by atoms with Gasteiger partial charge in [-0.05, 0) is 42.5 Å². The van der Waals surface area contributed by atoms with Crippen LogP contribution in [0.25, 0.3) is 0 Å². The number of halogens is 1. The second kappa shape index (κ2) is 7.09. The highest BCUT2D eigenvalue weighted by Gasteiger charge is 2.35. The van der Waals surface area contributed by atoms with E-state index >= 15 is 0 Å². The Morgan fingerprint density at radius 2 is 1.89 bits per heavy atom. The van der Waals surface area contributed by atoms with Crippen LogP contribution in [0.1, 0.15) is 10.4 Å². The van der Waals surface area contributed by atoms with Crippen molar-refractivity contribution in [2.45, 2.75) is 6.10 Å². The first kappa shape index (κ1) is 19.0. The summed E-state index contributed by atoms with van der Waals surface area (Å²) in [6, 6.07) is 10.5. The molecular formula is C17H16ClN3O5S. The second-order valence-electron chi connectivity index (χ2n) is 5.94. The molecule has 0 spiro atoms. The average molecular weight is 410 g/mol. The zero-order valence-electron chi connectivity index (χ0n) is 14.2. The Kier molecular flexibility index (Phi) is 4.99. The van der Waals surface area contributed by atoms with Crippen molar-refractivity contribution in [1.82, 2.24) is 0 Å². The van der Waals surface area contributed by atoms with Crippen molar-refractivity contribution in [3.05, 3.63) is 53.1 Å². The van der Waals surface area contributed by atoms with Crippen LogP contribution in [-0.2, 0) is 14.8 Å². The zero-order chi connectivity index (χ0) is 19.8. The number of nitrogens with two attached hydrogens (primary N) is 1. The molecule has 27 heavy (non-hydrogen) atoms. The van der Waals surface area contributed by atoms with Gasteiger partial charge in [-0.1, -0.05) is 11.6 Å². The number of anilines is 2. The number of fused-ring (bicyclic) bond motifs is 1. The van der Waals surface area contributed by atoms with Crippen LogP contribution in [0.2, 0.25) is 5.02 Å². The largest absolute Gasteiger partial charge is 0.476 e. The lowest BCUT2D eigenvalue weighted by Crippen LogP contribution is -2.48. The lowest BCUT2D eigenvalue weighted by molar-refractivity contribution is -0.122. The van der Waals surface area contributed by atoms with E-state index in [0.29, 0.717) is 16.3 Å². The Morgan fingerprint density at radius 3 is 2.48 bits per heavy atom. The van der Waals surface area contributed by atoms with Crippen molar-refractivity contribution in [2.75, 3.05) is 22.4 Å². The summed E-state index contributed by atoms with van der Waals surface area (Å²) in [6.07, 6.45) is -0.0234. The number of nitrogens with one attached hydrogen (secondary N) is 1. The number of amides is 2. The van der Waals surface area contributed by atoms with Crippen molar-refractivity contribution in [3.8, 4) is 5.75 Å². The summed E-state index contributed by atoms with van der Waals surface area (Å²) in [4.78, 5) is 23.7. The highest BCUT2D eigenvalue weighted by Crippen LogP contribution is 2.37. The number of hydrogen-bond acceptors (Lipinski definition) is 5. The van der Waals surface area contributed by atoms with Crippen LogP contribution in [0.3, 0.4) is 0 Å². The molecule has 0 bridgehead atoms. The fourth-order valence-electron chi connectivity index (χ4n) is 2.62. The van der Waals surface area contributed by atoms with Gasteiger partial charge in [0.2, 0.25) is 15.9 Å². The van der Waals surface area contributed by atoms with Crippen LogP contribution in [0, 0.1) is 0 Å². The number of nitrogens with zero attached hydrogens (tertiary/aromatic N) is 1. The number of hydrogen-bond donors (Lipinski definition) is 2. The highest BCUT2D eigenvalue weighted by atomic mass is 35.5. The van der Waals surface area contributed by atoms with Gasteiger partial charge in [-0.3, -0.25) is 13.9 Å². The highest BCUT2D eigenvalue weighted by molar-refractivity contribution is 7.92. The minimum Gasteiger partial charge on any atom is -0.476 e. The van der Waals surface area contributed by atoms with Crippen LogP contribution >= 0.6 is 11.6 Å². The number of benzene rings is 2. The minimum absolute atomic E-state index is 0.197. The van der Waals surface area contributed by atoms with Crippen LogP contribution in [0.15, 0.2) is 42.5 Å². The van der Waals surface area contributed by atoms with E-state index in [1.807, 2.05) is 0 Å². The Balaban J connectivity index is 1.83. The van der Waals surface area contributed by atoms with E-state index in [1.54, 1.807) is 6.07 Å². The van der Waals surface area contributed by atoms with Gasteiger partial charge in [0, 0.05) is 16.3 Å². The summed E-state index contributed by atoms with van der Waals surface area (Å²) in [5.41, 5.74) is 6.17. The Hall–Kier alpha value is -2.78. The maximum absolute atomic E-state index is 12.6. The topological polar surface area (TPSA) is 119 Å². The summed E-state index contributed by atoms with van der Waals surface area (Å²) in [5.74, 6) is -0.876. The van der Waals surface area contributed by atoms with Gasteiger partial charge in [-0.2, -0.15) is 0 Å². The molecule has 3 N–H and O–H groups in total. The van der Waals surface area contributed by atoms with Crippen LogP contribution < -0.4 is 20.1 Å². The molecule has 2 amide bonds. The first-order chi connectivity index (χ1) is 12.6. The third kappa shape index (κ3) is 4.15. The molecule has 142 valence electrons. The monoisotopic (exact) mass is 409 g/mol. The van der Waals surface area contributed by atoms with Gasteiger partial charge in [0.15, 0.2) is 6.10 Å². The van der Waals surface area contributed by atoms with Gasteiger partial charge in [0.1, 0.15) is 5.75 Å². The lowest BCUT2D eigenvalue weighted by atomic mass is 10.2. The maximum atomic E-state index is 12.6. The molecule has 0 saturated carbocycles. The molecule has 10 heteroatoms. The second-order valence-corrected chi connectivity index (χ2v) is 8.29. The molecule has 1 aliphatic rings. The molecule has 0 radical (unpaired) electrons. The van der Waals surface area contributed by atoms with E-state index in [4.69, 9.17) is 22.1 Å². The van der Waals surface area contributed by atoms with Crippen molar-refractivity contribution in [2.24, 2.45) is 5.73 Å². The van der Waals surface area contributed by atoms with E-state index in [2.05, 4.69) is 5.32 Å². The SMILES string of the molecule is CS(=O)(=O)N1C[C@@H](C(=O)Nc2ccc(C(N)=O)cc2)Oc2ccc(Cl)cc21. The minimum atomic E-state index is -3.65. The molecule has 8 nitrogen and oxygen atoms in total. The third-order valence-corrected chi connectivity index (χ3v) is 5.30. The first-order valence-electron chi connectivity index (χ1n) is 7.80. The van der Waals surface area contributed by atoms with Crippen molar-refractivity contribution >= 4 is 44.8 Å². The van der Waals surface area contributed by atoms with Gasteiger partial charge in [-0.15, -0.1) is 0 Å². The van der Waals surface area contributed by atoms with E-state index in [0.717, 1.165) is 10.6 Å². The smallest absolute Gasteiger partial charge is 0.267 e. The third-order valence-electron chi connectivity index (χ3n) is 3.92. The van der Waals surface area contributed by atoms with Gasteiger partial charge in [0.25, 0.3) is 5.91 Å². The lowest BCUT2D eigenvalue weighted by Gasteiger charge is -2.34. The molecule has 2 aromatic carbocycles. The van der Waals surface area contributed by atoms with Gasteiger partial charge in [0.05, 0.1) is 18.5 Å². The number of carbonyl (C=O) groups excluding carboxylic acids is 2. The van der Waals surface area contributed by atoms with E-state index in [1.165, 1.54) is 36.4 Å². The van der Waals surface area contributed by atoms with Crippen molar-refractivity contribution < 1.29 is 22.7 Å². The quantitative estimate of drug-likeness (QED) is 0.795. The predicted octanol–water partition coefficient (Wildman–Crippen LogP) is 1.60. The fraction of sp³-hybridized carbons (Fsp3) is 0.176. The fourth-order valence-corrected chi connectivity index (χ4v) is 3.69. The molecule has 1 atom stereocenters. The van der Waals surface area contributed by atoms with E-state index in [9.17, 15) is 18.0 Å². The Morgan fingerprint density at radius 1 is 1.22 bits per heavy atom. The van der Waals surface area contributed by atoms with Crippen LogP contribution in [0.5, 0.6) is 5.75 Å². The maximum Gasteiger partial charge on any atom is 0.267 e. The van der Waals surface area contributed by atoms with Gasteiger partial charge in [-0.25, -0.2) is 8.42 Å². The normalized spacial score (nSPS) is 16.2. The van der Waals surface area contributed by atoms with Crippen molar-refractivity contribution in [1.29, 1.82) is 0 Å². The molecule has 1 aliphatic heterocycles. The average Bonchev–Trinajstić information content (AvgIpc) is 2.60. The van der Waals surface area contributed by atoms with Crippen LogP contribution in [-0.4, -0.2) is 39.1 Å². The molecule has 0 unspecified atom stereocenters. The Bertz CT molecular complexity index is 1010. The standard InChI is InChI=1S/C17H16ClN3O5S/c1-27(24,25)21-9-15(26-14-7-4-11(18)8-13(14)21)17(23)20-12-5-2-10(3-6-12)16(19)22/h2-8,15H,9H2,1H3,(H2,19,22)(H,20,23)/t15-/m0/s1. The number of carbonyl (C=O) groups is 2. The molecule has 2 aromatic rings. The molecule has 1 heterocycles. The van der Waals surface area contributed by atoms with Crippen LogP contribution in [0.4, 0.5) is 11.4 Å². The summed E-state index contributed by atoms with van der Waals surface area (Å²) >= 11 is 5.94. The molecule has 0 saturated heterocycles. The molecule has 0 fully saturated rings. The molecule has 0 aromatic heterocycles. The summed E-state index contributed by atoms with van der Waals surface area (Å²) < 4.78 is 31.0. The number of sulfonamides is 1. The summed E-state index contributed by atoms with van der Waals surface area (Å²) in [5, 5.41) is 2.98. The first-order valence-corrected chi connectivity index (χ1v) is 10.0. The zero-order valence-corrected chi connectivity index (χ0v) is 15.8.